The van der Waals surface area contributed by atoms with Gasteiger partial charge in [-0.15, -0.1) is 0 Å². The molecule has 0 bridgehead atoms. The number of nitrogens with one attached hydrogen (secondary N) is 2. The lowest BCUT2D eigenvalue weighted by Gasteiger charge is -2.23. The summed E-state index contributed by atoms with van der Waals surface area (Å²) in [5.41, 5.74) is 1.88. The van der Waals surface area contributed by atoms with E-state index in [1.54, 1.807) is 26.1 Å². The number of hydrogen-bond donors (Lipinski definition) is 2. The molecular formula is C29H33N7O4S. The zero-order chi connectivity index (χ0) is 28.7. The lowest BCUT2D eigenvalue weighted by Crippen LogP contribution is -2.31. The number of hydrogen-bond acceptors (Lipinski definition) is 9. The van der Waals surface area contributed by atoms with Gasteiger partial charge in [-0.3, -0.25) is 14.2 Å². The molecule has 12 heteroatoms. The second-order valence-corrected chi connectivity index (χ2v) is 13.4. The number of pyridine rings is 1. The van der Waals surface area contributed by atoms with E-state index < -0.39 is 20.8 Å². The smallest absolute Gasteiger partial charge is 0.263 e. The van der Waals surface area contributed by atoms with Crippen LogP contribution in [-0.4, -0.2) is 56.0 Å². The summed E-state index contributed by atoms with van der Waals surface area (Å²) in [6, 6.07) is 9.71. The van der Waals surface area contributed by atoms with Crippen LogP contribution in [0.4, 0.5) is 11.6 Å². The van der Waals surface area contributed by atoms with Gasteiger partial charge in [0.2, 0.25) is 16.0 Å². The second kappa shape index (κ2) is 10.8. The normalized spacial score (nSPS) is 17.7. The van der Waals surface area contributed by atoms with Gasteiger partial charge in [-0.2, -0.15) is 4.98 Å². The topological polar surface area (TPSA) is 141 Å². The number of rotatable bonds is 9. The molecule has 3 aromatic heterocycles. The van der Waals surface area contributed by atoms with Crippen LogP contribution in [0.25, 0.3) is 11.0 Å². The molecule has 1 aromatic carbocycles. The Kier molecular flexibility index (Phi) is 7.20. The first-order valence-corrected chi connectivity index (χ1v) is 15.5. The van der Waals surface area contributed by atoms with Crippen molar-refractivity contribution >= 4 is 38.5 Å². The Labute approximate surface area is 238 Å². The van der Waals surface area contributed by atoms with E-state index in [-0.39, 0.29) is 41.2 Å². The molecular weight excluding hydrogens is 542 g/mol. The predicted molar refractivity (Wildman–Crippen MR) is 156 cm³/mol. The summed E-state index contributed by atoms with van der Waals surface area (Å²) >= 11 is 0. The maximum atomic E-state index is 13.7. The molecule has 1 atom stereocenters. The molecule has 0 spiro atoms. The average molecular weight is 576 g/mol. The van der Waals surface area contributed by atoms with Crippen LogP contribution >= 0.6 is 0 Å². The van der Waals surface area contributed by atoms with Crippen molar-refractivity contribution in [1.29, 1.82) is 0 Å². The van der Waals surface area contributed by atoms with Crippen LogP contribution in [-0.2, 0) is 16.6 Å². The molecule has 0 radical (unpaired) electrons. The number of fused-ring (bicyclic) bond motifs is 1. The monoisotopic (exact) mass is 575 g/mol. The molecule has 2 N–H and O–H groups in total. The van der Waals surface area contributed by atoms with Crippen LogP contribution in [0.3, 0.4) is 0 Å². The van der Waals surface area contributed by atoms with Crippen molar-refractivity contribution in [2.45, 2.75) is 57.2 Å². The summed E-state index contributed by atoms with van der Waals surface area (Å²) < 4.78 is 28.3. The highest BCUT2D eigenvalue weighted by Gasteiger charge is 2.33. The molecule has 4 aromatic rings. The molecule has 1 saturated heterocycles. The van der Waals surface area contributed by atoms with Crippen LogP contribution in [0.2, 0.25) is 0 Å². The standard InChI is InChI=1S/C29H33N7O4S/c1-18(2)41(39,40)36-13-12-31-25(36)17-35-27-22(14-24(28(35)38)26(37)20-5-6-20)16-32-29(34-27)33-23-9-7-19(8-10-23)21-4-3-11-30-15-21/h7-10,12-14,16,18,20-21,30H,3-6,11,15,17H2,1-2H3,(H,32,33,34). The van der Waals surface area contributed by atoms with Crippen molar-refractivity contribution in [3.63, 3.8) is 0 Å². The maximum Gasteiger partial charge on any atom is 0.263 e. The first kappa shape index (κ1) is 27.3. The summed E-state index contributed by atoms with van der Waals surface area (Å²) in [6.45, 7) is 5.02. The van der Waals surface area contributed by atoms with Crippen LogP contribution in [0, 0.1) is 5.92 Å². The summed E-state index contributed by atoms with van der Waals surface area (Å²) in [5, 5.41) is 6.47. The van der Waals surface area contributed by atoms with Gasteiger partial charge in [0.1, 0.15) is 11.5 Å². The third-order valence-corrected chi connectivity index (χ3v) is 9.90. The largest absolute Gasteiger partial charge is 0.324 e. The van der Waals surface area contributed by atoms with Crippen LogP contribution < -0.4 is 16.2 Å². The van der Waals surface area contributed by atoms with Gasteiger partial charge in [-0.05, 0) is 75.8 Å². The van der Waals surface area contributed by atoms with E-state index in [1.165, 1.54) is 22.5 Å². The molecule has 2 aliphatic rings. The van der Waals surface area contributed by atoms with Crippen LogP contribution in [0.1, 0.15) is 67.2 Å². The quantitative estimate of drug-likeness (QED) is 0.287. The van der Waals surface area contributed by atoms with Gasteiger partial charge in [0, 0.05) is 42.1 Å². The molecule has 2 fully saturated rings. The Morgan fingerprint density at radius 3 is 2.61 bits per heavy atom. The van der Waals surface area contributed by atoms with Crippen molar-refractivity contribution in [3.05, 3.63) is 76.2 Å². The first-order valence-electron chi connectivity index (χ1n) is 14.0. The highest BCUT2D eigenvalue weighted by molar-refractivity contribution is 7.90. The molecule has 4 heterocycles. The number of aromatic nitrogens is 5. The molecule has 1 aliphatic heterocycles. The molecule has 0 amide bonds. The number of carbonyl (C=O) groups is 1. The van der Waals surface area contributed by atoms with Gasteiger partial charge in [-0.25, -0.2) is 22.4 Å². The number of nitrogens with zero attached hydrogens (tertiary/aromatic N) is 5. The van der Waals surface area contributed by atoms with Gasteiger partial charge in [0.15, 0.2) is 5.78 Å². The number of carbonyl (C=O) groups excluding carboxylic acids is 1. The van der Waals surface area contributed by atoms with E-state index in [2.05, 4.69) is 37.7 Å². The van der Waals surface area contributed by atoms with Gasteiger partial charge < -0.3 is 10.6 Å². The Morgan fingerprint density at radius 1 is 1.15 bits per heavy atom. The van der Waals surface area contributed by atoms with Crippen molar-refractivity contribution in [1.82, 2.24) is 28.8 Å². The number of Topliss-reactive ketones (excluding diaryl/α,β-unsaturated/α-hetero) is 1. The Balaban J connectivity index is 1.38. The Morgan fingerprint density at radius 2 is 1.93 bits per heavy atom. The minimum Gasteiger partial charge on any atom is -0.324 e. The summed E-state index contributed by atoms with van der Waals surface area (Å²) in [5.74, 6) is 0.547. The minimum absolute atomic E-state index is 0.0573. The zero-order valence-corrected chi connectivity index (χ0v) is 23.9. The fourth-order valence-electron chi connectivity index (χ4n) is 5.25. The highest BCUT2D eigenvalue weighted by Crippen LogP contribution is 2.32. The van der Waals surface area contributed by atoms with E-state index >= 15 is 0 Å². The van der Waals surface area contributed by atoms with Crippen molar-refractivity contribution in [2.24, 2.45) is 5.92 Å². The van der Waals surface area contributed by atoms with E-state index in [0.717, 1.165) is 48.4 Å². The fourth-order valence-corrected chi connectivity index (χ4v) is 6.32. The van der Waals surface area contributed by atoms with E-state index in [4.69, 9.17) is 0 Å². The molecule has 1 saturated carbocycles. The number of imidazole rings is 1. The molecule has 1 unspecified atom stereocenters. The number of benzene rings is 1. The number of piperidine rings is 1. The van der Waals surface area contributed by atoms with Crippen molar-refractivity contribution < 1.29 is 13.2 Å². The van der Waals surface area contributed by atoms with Gasteiger partial charge in [0.05, 0.1) is 17.4 Å². The van der Waals surface area contributed by atoms with E-state index in [9.17, 15) is 18.0 Å². The third kappa shape index (κ3) is 5.41. The second-order valence-electron chi connectivity index (χ2n) is 11.1. The summed E-state index contributed by atoms with van der Waals surface area (Å²) in [7, 11) is -3.72. The number of anilines is 2. The molecule has 41 heavy (non-hydrogen) atoms. The maximum absolute atomic E-state index is 13.7. The lowest BCUT2D eigenvalue weighted by atomic mass is 9.92. The SMILES string of the molecule is CC(C)S(=O)(=O)n1ccnc1Cn1c(=O)c(C(=O)C2CC2)cc2cnc(Nc3ccc(C4CCCNC4)cc3)nc21. The van der Waals surface area contributed by atoms with Crippen LogP contribution in [0.15, 0.2) is 53.7 Å². The summed E-state index contributed by atoms with van der Waals surface area (Å²) in [6.07, 6.45) is 8.15. The van der Waals surface area contributed by atoms with Crippen LogP contribution in [0.5, 0.6) is 0 Å². The summed E-state index contributed by atoms with van der Waals surface area (Å²) in [4.78, 5) is 40.0. The minimum atomic E-state index is -3.72. The van der Waals surface area contributed by atoms with Crippen molar-refractivity contribution in [2.75, 3.05) is 18.4 Å². The van der Waals surface area contributed by atoms with Gasteiger partial charge in [0.25, 0.3) is 5.56 Å². The average Bonchev–Trinajstić information content (AvgIpc) is 3.72. The third-order valence-electron chi connectivity index (χ3n) is 7.83. The first-order chi connectivity index (χ1) is 19.7. The zero-order valence-electron chi connectivity index (χ0n) is 23.1. The molecule has 214 valence electrons. The Bertz CT molecular complexity index is 1770. The van der Waals surface area contributed by atoms with Crippen molar-refractivity contribution in [3.8, 4) is 0 Å². The molecule has 11 nitrogen and oxygen atoms in total. The van der Waals surface area contributed by atoms with Gasteiger partial charge >= 0.3 is 0 Å². The Hall–Kier alpha value is -3.90. The van der Waals surface area contributed by atoms with Gasteiger partial charge in [-0.1, -0.05) is 12.1 Å². The predicted octanol–water partition coefficient (Wildman–Crippen LogP) is 3.43. The van der Waals surface area contributed by atoms with E-state index in [1.807, 2.05) is 12.1 Å². The molecule has 6 rings (SSSR count). The fraction of sp³-hybridized carbons (Fsp3) is 0.414. The lowest BCUT2D eigenvalue weighted by molar-refractivity contribution is 0.0965. The number of ketones is 1. The highest BCUT2D eigenvalue weighted by atomic mass is 32.2. The van der Waals surface area contributed by atoms with E-state index in [0.29, 0.717) is 11.3 Å². The molecule has 1 aliphatic carbocycles.